The Bertz CT molecular complexity index is 1660. The van der Waals surface area contributed by atoms with Crippen LogP contribution in [0.4, 0.5) is 0 Å². The highest BCUT2D eigenvalue weighted by molar-refractivity contribution is 6.27. The molecule has 1 heteroatoms. The Morgan fingerprint density at radius 3 is 1.69 bits per heavy atom. The maximum atomic E-state index is 4.44. The SMILES string of the molecule is c1cncc(-c2c3ccccc3c3c4c(cccc24)-c2ccccc2-c2ccccc2-3)c1. The van der Waals surface area contributed by atoms with Gasteiger partial charge in [0.2, 0.25) is 0 Å². The maximum Gasteiger partial charge on any atom is 0.0346 e. The topological polar surface area (TPSA) is 12.9 Å². The molecule has 7 rings (SSSR count). The molecule has 0 spiro atoms. The van der Waals surface area contributed by atoms with Gasteiger partial charge in [-0.1, -0.05) is 97.1 Å². The number of rotatable bonds is 1. The van der Waals surface area contributed by atoms with Crippen LogP contribution < -0.4 is 0 Å². The first kappa shape index (κ1) is 17.5. The van der Waals surface area contributed by atoms with Gasteiger partial charge in [0.05, 0.1) is 0 Å². The summed E-state index contributed by atoms with van der Waals surface area (Å²) in [6.07, 6.45) is 3.82. The quantitative estimate of drug-likeness (QED) is 0.250. The van der Waals surface area contributed by atoms with Gasteiger partial charge in [-0.25, -0.2) is 0 Å². The van der Waals surface area contributed by atoms with Crippen LogP contribution in [0.5, 0.6) is 0 Å². The van der Waals surface area contributed by atoms with Crippen molar-refractivity contribution in [3.63, 3.8) is 0 Å². The number of hydrogen-bond donors (Lipinski definition) is 0. The molecule has 0 aliphatic heterocycles. The van der Waals surface area contributed by atoms with E-state index in [4.69, 9.17) is 0 Å². The Morgan fingerprint density at radius 2 is 0.969 bits per heavy atom. The molecule has 0 amide bonds. The average molecular weight is 406 g/mol. The largest absolute Gasteiger partial charge is 0.264 e. The van der Waals surface area contributed by atoms with Crippen LogP contribution in [0.3, 0.4) is 0 Å². The van der Waals surface area contributed by atoms with Crippen LogP contribution in [0.1, 0.15) is 0 Å². The van der Waals surface area contributed by atoms with Gasteiger partial charge in [0.15, 0.2) is 0 Å². The van der Waals surface area contributed by atoms with E-state index in [1.54, 1.807) is 0 Å². The van der Waals surface area contributed by atoms with Gasteiger partial charge < -0.3 is 0 Å². The standard InChI is InChI=1S/C31H19N/c1-2-11-23-21(10-1)22-12-3-4-13-24(22)30-27-15-6-5-14-26(27)29(20-9-8-18-32-19-20)28-17-7-16-25(23)31(28)30/h1-19H. The summed E-state index contributed by atoms with van der Waals surface area (Å²) in [5.41, 5.74) is 10.2. The van der Waals surface area contributed by atoms with Crippen molar-refractivity contribution in [2.45, 2.75) is 0 Å². The molecular weight excluding hydrogens is 386 g/mol. The summed E-state index contributed by atoms with van der Waals surface area (Å²) >= 11 is 0. The lowest BCUT2D eigenvalue weighted by Crippen LogP contribution is -1.92. The Kier molecular flexibility index (Phi) is 3.62. The first-order valence-corrected chi connectivity index (χ1v) is 11.0. The van der Waals surface area contributed by atoms with Gasteiger partial charge in [-0.15, -0.1) is 0 Å². The van der Waals surface area contributed by atoms with Gasteiger partial charge in [0, 0.05) is 18.0 Å². The second kappa shape index (κ2) is 6.63. The lowest BCUT2D eigenvalue weighted by atomic mass is 9.84. The van der Waals surface area contributed by atoms with Crippen molar-refractivity contribution in [1.82, 2.24) is 4.98 Å². The lowest BCUT2D eigenvalue weighted by Gasteiger charge is -2.19. The highest BCUT2D eigenvalue weighted by Crippen LogP contribution is 2.52. The zero-order chi connectivity index (χ0) is 21.1. The molecule has 0 saturated heterocycles. The molecule has 0 atom stereocenters. The Hall–Kier alpha value is -4.23. The molecule has 1 aromatic heterocycles. The van der Waals surface area contributed by atoms with Gasteiger partial charge in [-0.05, 0) is 66.6 Å². The van der Waals surface area contributed by atoms with E-state index in [9.17, 15) is 0 Å². The lowest BCUT2D eigenvalue weighted by molar-refractivity contribution is 1.33. The van der Waals surface area contributed by atoms with Gasteiger partial charge >= 0.3 is 0 Å². The summed E-state index contributed by atoms with van der Waals surface area (Å²) < 4.78 is 0. The van der Waals surface area contributed by atoms with Crippen LogP contribution in [0.25, 0.3) is 66.1 Å². The minimum atomic E-state index is 1.15. The monoisotopic (exact) mass is 405 g/mol. The molecule has 1 nitrogen and oxygen atoms in total. The molecule has 6 aromatic rings. The fraction of sp³-hybridized carbons (Fsp3) is 0. The molecular formula is C31H19N. The van der Waals surface area contributed by atoms with Gasteiger partial charge in [0.25, 0.3) is 0 Å². The summed E-state index contributed by atoms with van der Waals surface area (Å²) in [7, 11) is 0. The molecule has 0 saturated carbocycles. The predicted molar refractivity (Wildman–Crippen MR) is 135 cm³/mol. The van der Waals surface area contributed by atoms with E-state index in [2.05, 4.69) is 102 Å². The number of nitrogens with zero attached hydrogens (tertiary/aromatic N) is 1. The molecule has 32 heavy (non-hydrogen) atoms. The first-order chi connectivity index (χ1) is 15.9. The zero-order valence-corrected chi connectivity index (χ0v) is 17.4. The summed E-state index contributed by atoms with van der Waals surface area (Å²) in [4.78, 5) is 4.44. The highest BCUT2D eigenvalue weighted by Gasteiger charge is 2.25. The Balaban J connectivity index is 1.81. The van der Waals surface area contributed by atoms with E-state index < -0.39 is 0 Å². The molecule has 0 N–H and O–H groups in total. The predicted octanol–water partition coefficient (Wildman–Crippen LogP) is 8.37. The molecule has 1 aliphatic carbocycles. The van der Waals surface area contributed by atoms with Gasteiger partial charge in [-0.3, -0.25) is 4.98 Å². The summed E-state index contributed by atoms with van der Waals surface area (Å²) in [5.74, 6) is 0. The normalized spacial score (nSPS) is 11.8. The van der Waals surface area contributed by atoms with Crippen LogP contribution in [0.15, 0.2) is 116 Å². The van der Waals surface area contributed by atoms with Crippen molar-refractivity contribution < 1.29 is 0 Å². The fourth-order valence-corrected chi connectivity index (χ4v) is 5.44. The van der Waals surface area contributed by atoms with E-state index >= 15 is 0 Å². The third kappa shape index (κ3) is 2.31. The van der Waals surface area contributed by atoms with Crippen molar-refractivity contribution in [1.29, 1.82) is 0 Å². The number of aromatic nitrogens is 1. The fourth-order valence-electron chi connectivity index (χ4n) is 5.44. The Labute approximate surface area is 186 Å². The number of benzene rings is 5. The molecule has 0 unspecified atom stereocenters. The van der Waals surface area contributed by atoms with Crippen molar-refractivity contribution in [3.8, 4) is 44.5 Å². The molecule has 1 heterocycles. The maximum absolute atomic E-state index is 4.44. The molecule has 148 valence electrons. The number of hydrogen-bond acceptors (Lipinski definition) is 1. The molecule has 5 aromatic carbocycles. The van der Waals surface area contributed by atoms with Crippen LogP contribution >= 0.6 is 0 Å². The number of pyridine rings is 1. The summed E-state index contributed by atoms with van der Waals surface area (Å²) in [6.45, 7) is 0. The van der Waals surface area contributed by atoms with Crippen LogP contribution in [-0.2, 0) is 0 Å². The Morgan fingerprint density at radius 1 is 0.406 bits per heavy atom. The van der Waals surface area contributed by atoms with E-state index in [0.717, 1.165) is 5.56 Å². The third-order valence-corrected chi connectivity index (χ3v) is 6.70. The second-order valence-corrected chi connectivity index (χ2v) is 8.36. The molecule has 0 bridgehead atoms. The average Bonchev–Trinajstić information content (AvgIpc) is 2.99. The zero-order valence-electron chi connectivity index (χ0n) is 17.4. The van der Waals surface area contributed by atoms with E-state index in [-0.39, 0.29) is 0 Å². The molecule has 1 aliphatic rings. The van der Waals surface area contributed by atoms with E-state index in [1.807, 2.05) is 18.5 Å². The molecule has 0 radical (unpaired) electrons. The summed E-state index contributed by atoms with van der Waals surface area (Å²) in [5, 5.41) is 5.14. The van der Waals surface area contributed by atoms with Crippen molar-refractivity contribution in [3.05, 3.63) is 116 Å². The van der Waals surface area contributed by atoms with Gasteiger partial charge in [0.1, 0.15) is 0 Å². The van der Waals surface area contributed by atoms with Crippen LogP contribution in [-0.4, -0.2) is 4.98 Å². The minimum Gasteiger partial charge on any atom is -0.264 e. The smallest absolute Gasteiger partial charge is 0.0346 e. The summed E-state index contributed by atoms with van der Waals surface area (Å²) in [6, 6.07) is 37.4. The first-order valence-electron chi connectivity index (χ1n) is 11.0. The third-order valence-electron chi connectivity index (χ3n) is 6.70. The second-order valence-electron chi connectivity index (χ2n) is 8.36. The number of fused-ring (bicyclic) bond motifs is 7. The van der Waals surface area contributed by atoms with Gasteiger partial charge in [-0.2, -0.15) is 0 Å². The van der Waals surface area contributed by atoms with Crippen LogP contribution in [0, 0.1) is 0 Å². The van der Waals surface area contributed by atoms with Crippen molar-refractivity contribution in [2.75, 3.05) is 0 Å². The van der Waals surface area contributed by atoms with Crippen LogP contribution in [0.2, 0.25) is 0 Å². The van der Waals surface area contributed by atoms with E-state index in [1.165, 1.54) is 60.5 Å². The van der Waals surface area contributed by atoms with Crippen molar-refractivity contribution >= 4 is 21.5 Å². The highest BCUT2D eigenvalue weighted by atomic mass is 14.6. The van der Waals surface area contributed by atoms with E-state index in [0.29, 0.717) is 0 Å². The minimum absolute atomic E-state index is 1.15. The van der Waals surface area contributed by atoms with Crippen molar-refractivity contribution in [2.24, 2.45) is 0 Å². The molecule has 0 fully saturated rings.